The van der Waals surface area contributed by atoms with E-state index in [1.54, 1.807) is 0 Å². The summed E-state index contributed by atoms with van der Waals surface area (Å²) < 4.78 is 12.9. The Morgan fingerprint density at radius 1 is 1.10 bits per heavy atom. The highest BCUT2D eigenvalue weighted by Crippen LogP contribution is 2.56. The third kappa shape index (κ3) is 2.84. The number of aliphatic hydroxyl groups is 1. The first-order valence-electron chi connectivity index (χ1n) is 7.86. The van der Waals surface area contributed by atoms with Crippen LogP contribution < -0.4 is 17.7 Å². The zero-order valence-corrected chi connectivity index (χ0v) is 13.0. The van der Waals surface area contributed by atoms with Crippen LogP contribution in [-0.2, 0) is 6.54 Å². The normalized spacial score (nSPS) is 40.1. The zero-order valence-electron chi connectivity index (χ0n) is 12.2. The van der Waals surface area contributed by atoms with Crippen LogP contribution in [0.3, 0.4) is 0 Å². The molecule has 1 aromatic rings. The van der Waals surface area contributed by atoms with Gasteiger partial charge < -0.3 is 22.8 Å². The Balaban J connectivity index is 0.00000132. The molecule has 5 rings (SSSR count). The number of halogens is 2. The second-order valence-corrected chi connectivity index (χ2v) is 7.58. The zero-order chi connectivity index (χ0) is 13.8. The van der Waals surface area contributed by atoms with E-state index in [1.165, 1.54) is 37.0 Å². The largest absolute Gasteiger partial charge is 1.00 e. The minimum absolute atomic E-state index is 0. The Labute approximate surface area is 131 Å². The Kier molecular flexibility index (Phi) is 3.79. The van der Waals surface area contributed by atoms with E-state index in [4.69, 9.17) is 0 Å². The molecule has 0 saturated heterocycles. The van der Waals surface area contributed by atoms with Crippen molar-refractivity contribution in [1.82, 2.24) is 0 Å². The van der Waals surface area contributed by atoms with Crippen molar-refractivity contribution in [2.45, 2.75) is 56.2 Å². The van der Waals surface area contributed by atoms with E-state index in [0.717, 1.165) is 37.6 Å². The van der Waals surface area contributed by atoms with E-state index in [1.807, 2.05) is 12.1 Å². The van der Waals surface area contributed by atoms with Crippen LogP contribution in [0.2, 0.25) is 0 Å². The molecule has 0 spiro atoms. The smallest absolute Gasteiger partial charge is 0.123 e. The molecular formula is C17H23ClFNO. The first kappa shape index (κ1) is 15.3. The van der Waals surface area contributed by atoms with Gasteiger partial charge in [-0.25, -0.2) is 4.39 Å². The van der Waals surface area contributed by atoms with Gasteiger partial charge in [0.1, 0.15) is 12.4 Å². The lowest BCUT2D eigenvalue weighted by atomic mass is 9.51. The van der Waals surface area contributed by atoms with Crippen molar-refractivity contribution in [2.75, 3.05) is 0 Å². The topological polar surface area (TPSA) is 36.8 Å². The van der Waals surface area contributed by atoms with Crippen molar-refractivity contribution in [3.8, 4) is 0 Å². The first-order valence-corrected chi connectivity index (χ1v) is 7.86. The molecule has 2 nitrogen and oxygen atoms in total. The van der Waals surface area contributed by atoms with Crippen molar-refractivity contribution in [1.29, 1.82) is 0 Å². The Morgan fingerprint density at radius 3 is 2.29 bits per heavy atom. The highest BCUT2D eigenvalue weighted by Gasteiger charge is 2.59. The lowest BCUT2D eigenvalue weighted by Crippen LogP contribution is -3.00. The SMILES string of the molecule is OC12CC3CC(C1)CC([NH2+]Cc1ccc(F)cc1)(C3)C2.[Cl-]. The van der Waals surface area contributed by atoms with E-state index in [9.17, 15) is 9.50 Å². The van der Waals surface area contributed by atoms with Gasteiger partial charge in [0.25, 0.3) is 0 Å². The maximum absolute atomic E-state index is 12.9. The predicted molar refractivity (Wildman–Crippen MR) is 74.4 cm³/mol. The molecule has 2 atom stereocenters. The second-order valence-electron chi connectivity index (χ2n) is 7.58. The number of hydrogen-bond acceptors (Lipinski definition) is 1. The molecule has 4 heteroatoms. The molecule has 3 N–H and O–H groups in total. The van der Waals surface area contributed by atoms with Crippen LogP contribution in [0.5, 0.6) is 0 Å². The van der Waals surface area contributed by atoms with E-state index in [-0.39, 0.29) is 29.4 Å². The van der Waals surface area contributed by atoms with E-state index < -0.39 is 0 Å². The predicted octanol–water partition coefficient (Wildman–Crippen LogP) is -1.02. The molecule has 4 aliphatic carbocycles. The van der Waals surface area contributed by atoms with Crippen LogP contribution in [0, 0.1) is 17.7 Å². The van der Waals surface area contributed by atoms with Crippen molar-refractivity contribution in [2.24, 2.45) is 11.8 Å². The van der Waals surface area contributed by atoms with E-state index in [2.05, 4.69) is 5.32 Å². The van der Waals surface area contributed by atoms with Crippen molar-refractivity contribution in [3.05, 3.63) is 35.6 Å². The van der Waals surface area contributed by atoms with Crippen LogP contribution >= 0.6 is 0 Å². The molecule has 0 radical (unpaired) electrons. The highest BCUT2D eigenvalue weighted by molar-refractivity contribution is 5.15. The number of benzene rings is 1. The maximum atomic E-state index is 12.9. The molecule has 1 aromatic carbocycles. The minimum Gasteiger partial charge on any atom is -1.00 e. The van der Waals surface area contributed by atoms with Gasteiger partial charge in [0, 0.05) is 24.8 Å². The summed E-state index contributed by atoms with van der Waals surface area (Å²) in [6.07, 6.45) is 6.84. The number of hydrogen-bond donors (Lipinski definition) is 2. The van der Waals surface area contributed by atoms with Gasteiger partial charge in [-0.1, -0.05) is 12.1 Å². The molecule has 0 aliphatic heterocycles. The Hall–Kier alpha value is -0.640. The average Bonchev–Trinajstić information content (AvgIpc) is 2.35. The third-order valence-corrected chi connectivity index (χ3v) is 5.76. The van der Waals surface area contributed by atoms with Gasteiger partial charge in [-0.3, -0.25) is 0 Å². The lowest BCUT2D eigenvalue weighted by molar-refractivity contribution is -0.754. The summed E-state index contributed by atoms with van der Waals surface area (Å²) in [7, 11) is 0. The summed E-state index contributed by atoms with van der Waals surface area (Å²) in [5.41, 5.74) is 1.03. The Morgan fingerprint density at radius 2 is 1.71 bits per heavy atom. The lowest BCUT2D eigenvalue weighted by Gasteiger charge is -2.58. The molecule has 4 saturated carbocycles. The van der Waals surface area contributed by atoms with Gasteiger partial charge in [-0.15, -0.1) is 0 Å². The third-order valence-electron chi connectivity index (χ3n) is 5.76. The number of rotatable bonds is 3. The van der Waals surface area contributed by atoms with Crippen LogP contribution in [-0.4, -0.2) is 16.2 Å². The molecule has 4 fully saturated rings. The van der Waals surface area contributed by atoms with Gasteiger partial charge in [-0.2, -0.15) is 0 Å². The molecule has 21 heavy (non-hydrogen) atoms. The van der Waals surface area contributed by atoms with Crippen LogP contribution in [0.4, 0.5) is 4.39 Å². The number of nitrogens with two attached hydrogens (primary N) is 1. The maximum Gasteiger partial charge on any atom is 0.123 e. The average molecular weight is 312 g/mol. The standard InChI is InChI=1S/C17H22FNO.ClH/c18-15-3-1-12(2-4-15)10-19-16-6-13-5-14(7-16)9-17(20,8-13)11-16;/h1-4,13-14,19-20H,5-11H2;1H. The molecule has 116 valence electrons. The summed E-state index contributed by atoms with van der Waals surface area (Å²) in [6.45, 7) is 0.899. The minimum atomic E-state index is -0.386. The van der Waals surface area contributed by atoms with Gasteiger partial charge >= 0.3 is 0 Å². The summed E-state index contributed by atoms with van der Waals surface area (Å²) >= 11 is 0. The summed E-state index contributed by atoms with van der Waals surface area (Å²) in [4.78, 5) is 0. The van der Waals surface area contributed by atoms with Crippen molar-refractivity contribution >= 4 is 0 Å². The summed E-state index contributed by atoms with van der Waals surface area (Å²) in [5, 5.41) is 13.2. The monoisotopic (exact) mass is 311 g/mol. The van der Waals surface area contributed by atoms with Gasteiger partial charge in [0.2, 0.25) is 0 Å². The molecule has 0 heterocycles. The van der Waals surface area contributed by atoms with Crippen LogP contribution in [0.15, 0.2) is 24.3 Å². The van der Waals surface area contributed by atoms with Crippen LogP contribution in [0.1, 0.15) is 44.1 Å². The van der Waals surface area contributed by atoms with Crippen LogP contribution in [0.25, 0.3) is 0 Å². The second kappa shape index (κ2) is 5.22. The van der Waals surface area contributed by atoms with Crippen molar-refractivity contribution in [3.63, 3.8) is 0 Å². The highest BCUT2D eigenvalue weighted by atomic mass is 35.5. The first-order chi connectivity index (χ1) is 9.54. The fourth-order valence-electron chi connectivity index (χ4n) is 5.48. The summed E-state index contributed by atoms with van der Waals surface area (Å²) in [6, 6.07) is 6.83. The fraction of sp³-hybridized carbons (Fsp3) is 0.647. The molecule has 0 amide bonds. The number of quaternary nitrogens is 1. The fourth-order valence-corrected chi connectivity index (χ4v) is 5.48. The molecule has 2 unspecified atom stereocenters. The molecule has 4 bridgehead atoms. The van der Waals surface area contributed by atoms with Crippen molar-refractivity contribution < 1.29 is 27.2 Å². The molecular weight excluding hydrogens is 289 g/mol. The molecule has 0 aromatic heterocycles. The van der Waals surface area contributed by atoms with Gasteiger partial charge in [0.05, 0.1) is 11.1 Å². The van der Waals surface area contributed by atoms with E-state index >= 15 is 0 Å². The van der Waals surface area contributed by atoms with Gasteiger partial charge in [-0.05, 0) is 43.2 Å². The summed E-state index contributed by atoms with van der Waals surface area (Å²) in [5.74, 6) is 1.29. The Bertz CT molecular complexity index is 504. The molecule has 4 aliphatic rings. The van der Waals surface area contributed by atoms with E-state index in [0.29, 0.717) is 0 Å². The van der Waals surface area contributed by atoms with Gasteiger partial charge in [0.15, 0.2) is 0 Å². The quantitative estimate of drug-likeness (QED) is 0.736.